The molecule has 2 heteroatoms. The fourth-order valence-electron chi connectivity index (χ4n) is 2.48. The van der Waals surface area contributed by atoms with Crippen LogP contribution in [-0.2, 0) is 6.42 Å². The quantitative estimate of drug-likeness (QED) is 0.824. The topological polar surface area (TPSA) is 15.3 Å². The van der Waals surface area contributed by atoms with Gasteiger partial charge in [-0.2, -0.15) is 0 Å². The number of rotatable bonds is 7. The van der Waals surface area contributed by atoms with E-state index in [9.17, 15) is 0 Å². The van der Waals surface area contributed by atoms with Gasteiger partial charge in [-0.15, -0.1) is 0 Å². The van der Waals surface area contributed by atoms with E-state index in [2.05, 4.69) is 85.8 Å². The highest BCUT2D eigenvalue weighted by molar-refractivity contribution is 5.46. The molecule has 1 unspecified atom stereocenters. The summed E-state index contributed by atoms with van der Waals surface area (Å²) in [5.41, 5.74) is 3.98. The Hall–Kier alpha value is -1.80. The van der Waals surface area contributed by atoms with Crippen LogP contribution in [0.2, 0.25) is 0 Å². The Morgan fingerprint density at radius 1 is 0.952 bits per heavy atom. The van der Waals surface area contributed by atoms with Crippen molar-refractivity contribution < 1.29 is 0 Å². The predicted octanol–water partition coefficient (Wildman–Crippen LogP) is 4.04. The molecule has 0 bridgehead atoms. The van der Waals surface area contributed by atoms with Crippen LogP contribution in [0.3, 0.4) is 0 Å². The van der Waals surface area contributed by atoms with E-state index in [4.69, 9.17) is 0 Å². The van der Waals surface area contributed by atoms with Crippen LogP contribution in [-0.4, -0.2) is 20.6 Å². The zero-order valence-electron chi connectivity index (χ0n) is 13.3. The van der Waals surface area contributed by atoms with Gasteiger partial charge < -0.3 is 10.2 Å². The summed E-state index contributed by atoms with van der Waals surface area (Å²) in [7, 11) is 4.15. The molecule has 21 heavy (non-hydrogen) atoms. The van der Waals surface area contributed by atoms with Gasteiger partial charge in [0.05, 0.1) is 0 Å². The highest BCUT2D eigenvalue weighted by atomic mass is 15.1. The second-order valence-corrected chi connectivity index (χ2v) is 5.68. The standard InChI is InChI=1S/C19H26N2/c1-4-14-20-19(15-16-8-6-5-7-9-16)17-10-12-18(13-11-17)21(2)3/h5-13,19-20H,4,14-15H2,1-3H3. The van der Waals surface area contributed by atoms with E-state index in [1.807, 2.05) is 0 Å². The zero-order chi connectivity index (χ0) is 15.1. The summed E-state index contributed by atoms with van der Waals surface area (Å²) < 4.78 is 0. The van der Waals surface area contributed by atoms with Gasteiger partial charge in [0.25, 0.3) is 0 Å². The van der Waals surface area contributed by atoms with Crippen molar-refractivity contribution >= 4 is 5.69 Å². The molecule has 0 aliphatic heterocycles. The molecule has 0 saturated heterocycles. The molecule has 0 heterocycles. The maximum Gasteiger partial charge on any atom is 0.0361 e. The molecule has 112 valence electrons. The third kappa shape index (κ3) is 4.61. The largest absolute Gasteiger partial charge is 0.378 e. The number of hydrogen-bond acceptors (Lipinski definition) is 2. The van der Waals surface area contributed by atoms with E-state index >= 15 is 0 Å². The van der Waals surface area contributed by atoms with E-state index in [1.165, 1.54) is 16.8 Å². The van der Waals surface area contributed by atoms with Crippen LogP contribution < -0.4 is 10.2 Å². The smallest absolute Gasteiger partial charge is 0.0361 e. The Labute approximate surface area is 128 Å². The summed E-state index contributed by atoms with van der Waals surface area (Å²) in [6.07, 6.45) is 2.18. The van der Waals surface area contributed by atoms with Crippen LogP contribution in [0, 0.1) is 0 Å². The molecular weight excluding hydrogens is 256 g/mol. The summed E-state index contributed by atoms with van der Waals surface area (Å²) >= 11 is 0. The van der Waals surface area contributed by atoms with Crippen LogP contribution in [0.1, 0.15) is 30.5 Å². The first-order valence-corrected chi connectivity index (χ1v) is 7.75. The Morgan fingerprint density at radius 3 is 2.19 bits per heavy atom. The van der Waals surface area contributed by atoms with E-state index in [0.29, 0.717) is 6.04 Å². The van der Waals surface area contributed by atoms with Crippen LogP contribution in [0.25, 0.3) is 0 Å². The summed E-state index contributed by atoms with van der Waals surface area (Å²) in [6, 6.07) is 20.0. The molecule has 0 radical (unpaired) electrons. The van der Waals surface area contributed by atoms with Crippen molar-refractivity contribution in [3.63, 3.8) is 0 Å². The number of benzene rings is 2. The van der Waals surface area contributed by atoms with Crippen molar-refractivity contribution in [1.29, 1.82) is 0 Å². The summed E-state index contributed by atoms with van der Waals surface area (Å²) in [5, 5.41) is 3.67. The van der Waals surface area contributed by atoms with Gasteiger partial charge in [-0.3, -0.25) is 0 Å². The summed E-state index contributed by atoms with van der Waals surface area (Å²) in [5.74, 6) is 0. The molecule has 0 aliphatic carbocycles. The van der Waals surface area contributed by atoms with Crippen molar-refractivity contribution in [3.8, 4) is 0 Å². The van der Waals surface area contributed by atoms with Crippen LogP contribution in [0.4, 0.5) is 5.69 Å². The number of anilines is 1. The Morgan fingerprint density at radius 2 is 1.62 bits per heavy atom. The van der Waals surface area contributed by atoms with Gasteiger partial charge in [-0.1, -0.05) is 49.4 Å². The highest BCUT2D eigenvalue weighted by Crippen LogP contribution is 2.21. The molecule has 2 aromatic carbocycles. The first-order valence-electron chi connectivity index (χ1n) is 7.75. The van der Waals surface area contributed by atoms with E-state index in [0.717, 1.165) is 19.4 Å². The molecule has 2 rings (SSSR count). The van der Waals surface area contributed by atoms with Gasteiger partial charge >= 0.3 is 0 Å². The second-order valence-electron chi connectivity index (χ2n) is 5.68. The monoisotopic (exact) mass is 282 g/mol. The van der Waals surface area contributed by atoms with Crippen molar-refractivity contribution in [2.24, 2.45) is 0 Å². The van der Waals surface area contributed by atoms with E-state index in [-0.39, 0.29) is 0 Å². The normalized spacial score (nSPS) is 12.1. The third-order valence-electron chi connectivity index (χ3n) is 3.74. The molecular formula is C19H26N2. The molecule has 2 nitrogen and oxygen atoms in total. The number of nitrogens with one attached hydrogen (secondary N) is 1. The predicted molar refractivity (Wildman–Crippen MR) is 91.9 cm³/mol. The third-order valence-corrected chi connectivity index (χ3v) is 3.74. The minimum atomic E-state index is 0.378. The molecule has 0 aliphatic rings. The molecule has 1 N–H and O–H groups in total. The Bertz CT molecular complexity index is 517. The summed E-state index contributed by atoms with van der Waals surface area (Å²) in [4.78, 5) is 2.13. The Balaban J connectivity index is 2.14. The van der Waals surface area contributed by atoms with E-state index < -0.39 is 0 Å². The van der Waals surface area contributed by atoms with Crippen molar-refractivity contribution in [2.45, 2.75) is 25.8 Å². The fraction of sp³-hybridized carbons (Fsp3) is 0.368. The van der Waals surface area contributed by atoms with Gasteiger partial charge in [0.15, 0.2) is 0 Å². The minimum absolute atomic E-state index is 0.378. The number of hydrogen-bond donors (Lipinski definition) is 1. The fourth-order valence-corrected chi connectivity index (χ4v) is 2.48. The molecule has 1 atom stereocenters. The van der Waals surface area contributed by atoms with Gasteiger partial charge in [-0.25, -0.2) is 0 Å². The van der Waals surface area contributed by atoms with Gasteiger partial charge in [-0.05, 0) is 42.6 Å². The Kier molecular flexibility index (Phi) is 5.82. The SMILES string of the molecule is CCCNC(Cc1ccccc1)c1ccc(N(C)C)cc1. The average Bonchev–Trinajstić information content (AvgIpc) is 2.52. The number of nitrogens with zero attached hydrogens (tertiary/aromatic N) is 1. The van der Waals surface area contributed by atoms with E-state index in [1.54, 1.807) is 0 Å². The summed E-state index contributed by atoms with van der Waals surface area (Å²) in [6.45, 7) is 3.26. The first kappa shape index (κ1) is 15.6. The van der Waals surface area contributed by atoms with Crippen molar-refractivity contribution in [1.82, 2.24) is 5.32 Å². The molecule has 0 saturated carbocycles. The molecule has 0 spiro atoms. The molecule has 0 fully saturated rings. The van der Waals surface area contributed by atoms with Crippen LogP contribution >= 0.6 is 0 Å². The lowest BCUT2D eigenvalue weighted by Crippen LogP contribution is -2.24. The highest BCUT2D eigenvalue weighted by Gasteiger charge is 2.11. The van der Waals surface area contributed by atoms with Crippen molar-refractivity contribution in [3.05, 3.63) is 65.7 Å². The van der Waals surface area contributed by atoms with Crippen LogP contribution in [0.5, 0.6) is 0 Å². The lowest BCUT2D eigenvalue weighted by molar-refractivity contribution is 0.529. The van der Waals surface area contributed by atoms with Crippen molar-refractivity contribution in [2.75, 3.05) is 25.5 Å². The van der Waals surface area contributed by atoms with Crippen LogP contribution in [0.15, 0.2) is 54.6 Å². The maximum absolute atomic E-state index is 3.67. The van der Waals surface area contributed by atoms with Gasteiger partial charge in [0.1, 0.15) is 0 Å². The molecule has 0 amide bonds. The zero-order valence-corrected chi connectivity index (χ0v) is 13.3. The minimum Gasteiger partial charge on any atom is -0.378 e. The lowest BCUT2D eigenvalue weighted by Gasteiger charge is -2.20. The van der Waals surface area contributed by atoms with Gasteiger partial charge in [0.2, 0.25) is 0 Å². The molecule has 0 aromatic heterocycles. The first-order chi connectivity index (χ1) is 10.2. The maximum atomic E-state index is 3.67. The lowest BCUT2D eigenvalue weighted by atomic mass is 9.98. The molecule has 2 aromatic rings. The second kappa shape index (κ2) is 7.84. The average molecular weight is 282 g/mol. The van der Waals surface area contributed by atoms with Gasteiger partial charge in [0, 0.05) is 25.8 Å².